The second kappa shape index (κ2) is 9.67. The van der Waals surface area contributed by atoms with Gasteiger partial charge in [0.25, 0.3) is 0 Å². The minimum absolute atomic E-state index is 0.809. The lowest BCUT2D eigenvalue weighted by Gasteiger charge is -2.23. The van der Waals surface area contributed by atoms with Crippen molar-refractivity contribution in [1.82, 2.24) is 0 Å². The summed E-state index contributed by atoms with van der Waals surface area (Å²) in [6, 6.07) is 7.84. The molecule has 0 bridgehead atoms. The van der Waals surface area contributed by atoms with E-state index >= 15 is 0 Å². The fraction of sp³-hybridized carbons (Fsp3) is 0.667. The number of benzene rings is 1. The van der Waals surface area contributed by atoms with E-state index in [4.69, 9.17) is 9.47 Å². The molecule has 1 aliphatic rings. The molecule has 1 aliphatic heterocycles. The van der Waals surface area contributed by atoms with Gasteiger partial charge in [0.2, 0.25) is 0 Å². The van der Waals surface area contributed by atoms with Gasteiger partial charge in [-0.15, -0.1) is 0 Å². The highest BCUT2D eigenvalue weighted by atomic mass is 16.5. The molecule has 0 unspecified atom stereocenters. The predicted octanol–water partition coefficient (Wildman–Crippen LogP) is 2.70. The smallest absolute Gasteiger partial charge is 0.122 e. The van der Waals surface area contributed by atoms with Crippen LogP contribution in [0.1, 0.15) is 44.9 Å². The van der Waals surface area contributed by atoms with E-state index in [0.29, 0.717) is 0 Å². The van der Waals surface area contributed by atoms with Crippen molar-refractivity contribution in [1.29, 1.82) is 0 Å². The van der Waals surface area contributed by atoms with Gasteiger partial charge in [-0.1, -0.05) is 6.07 Å². The summed E-state index contributed by atoms with van der Waals surface area (Å²) in [5.41, 5.74) is 0. The lowest BCUT2D eigenvalue weighted by Crippen LogP contribution is -3.12. The summed E-state index contributed by atoms with van der Waals surface area (Å²) < 4.78 is 10.9. The molecule has 3 nitrogen and oxygen atoms in total. The van der Waals surface area contributed by atoms with Gasteiger partial charge in [-0.3, -0.25) is 0 Å². The van der Waals surface area contributed by atoms with E-state index in [1.54, 1.807) is 7.11 Å². The number of quaternary nitrogens is 1. The van der Waals surface area contributed by atoms with Gasteiger partial charge in [-0.05, 0) is 57.1 Å². The first-order valence-corrected chi connectivity index (χ1v) is 8.49. The number of hydrogen-bond acceptors (Lipinski definition) is 2. The van der Waals surface area contributed by atoms with E-state index in [9.17, 15) is 0 Å². The Kier molecular flexibility index (Phi) is 7.44. The standard InChI is InChI=1S/C18H29NO2/c1-20-17-10-9-11-18(16-17)21-15-8-3-2-5-12-19-13-6-4-7-14-19/h9-11,16H,2-8,12-15H2,1H3/p+1. The minimum Gasteiger partial charge on any atom is -0.497 e. The number of ether oxygens (including phenoxy) is 2. The zero-order valence-electron chi connectivity index (χ0n) is 13.4. The van der Waals surface area contributed by atoms with E-state index in [-0.39, 0.29) is 0 Å². The highest BCUT2D eigenvalue weighted by Crippen LogP contribution is 2.19. The summed E-state index contributed by atoms with van der Waals surface area (Å²) in [6.07, 6.45) is 9.45. The number of unbranched alkanes of at least 4 members (excludes halogenated alkanes) is 3. The molecule has 0 atom stereocenters. The Morgan fingerprint density at radius 1 is 0.952 bits per heavy atom. The largest absolute Gasteiger partial charge is 0.497 e. The third kappa shape index (κ3) is 6.38. The molecule has 1 N–H and O–H groups in total. The molecule has 1 aromatic carbocycles. The molecule has 0 amide bonds. The zero-order valence-corrected chi connectivity index (χ0v) is 13.4. The van der Waals surface area contributed by atoms with Gasteiger partial charge in [-0.25, -0.2) is 0 Å². The van der Waals surface area contributed by atoms with Crippen LogP contribution in [0, 0.1) is 0 Å². The highest BCUT2D eigenvalue weighted by molar-refractivity contribution is 5.32. The molecule has 2 rings (SSSR count). The molecule has 21 heavy (non-hydrogen) atoms. The molecule has 1 aromatic rings. The van der Waals surface area contributed by atoms with E-state index < -0.39 is 0 Å². The van der Waals surface area contributed by atoms with E-state index in [1.807, 2.05) is 29.2 Å². The monoisotopic (exact) mass is 292 g/mol. The molecule has 1 fully saturated rings. The molecule has 3 heteroatoms. The van der Waals surface area contributed by atoms with Gasteiger partial charge in [0.1, 0.15) is 11.5 Å². The molecule has 0 aromatic heterocycles. The number of methoxy groups -OCH3 is 1. The molecule has 1 heterocycles. The van der Waals surface area contributed by atoms with Crippen LogP contribution in [-0.4, -0.2) is 33.4 Å². The Morgan fingerprint density at radius 2 is 1.71 bits per heavy atom. The van der Waals surface area contributed by atoms with Crippen LogP contribution in [0.4, 0.5) is 0 Å². The summed E-state index contributed by atoms with van der Waals surface area (Å²) in [6.45, 7) is 4.98. The Labute approximate surface area is 129 Å². The second-order valence-corrected chi connectivity index (χ2v) is 6.00. The maximum atomic E-state index is 5.76. The van der Waals surface area contributed by atoms with Crippen molar-refractivity contribution in [2.45, 2.75) is 44.9 Å². The number of hydrogen-bond donors (Lipinski definition) is 1. The van der Waals surface area contributed by atoms with Crippen LogP contribution in [-0.2, 0) is 0 Å². The predicted molar refractivity (Wildman–Crippen MR) is 86.4 cm³/mol. The zero-order chi connectivity index (χ0) is 14.8. The van der Waals surface area contributed by atoms with Crippen LogP contribution in [0.2, 0.25) is 0 Å². The van der Waals surface area contributed by atoms with Crippen molar-refractivity contribution in [3.05, 3.63) is 24.3 Å². The van der Waals surface area contributed by atoms with Crippen LogP contribution in [0.25, 0.3) is 0 Å². The van der Waals surface area contributed by atoms with Gasteiger partial charge in [0.05, 0.1) is 33.4 Å². The van der Waals surface area contributed by atoms with Crippen molar-refractivity contribution in [2.75, 3.05) is 33.4 Å². The summed E-state index contributed by atoms with van der Waals surface area (Å²) in [4.78, 5) is 1.83. The first kappa shape index (κ1) is 16.2. The van der Waals surface area contributed by atoms with Crippen molar-refractivity contribution < 1.29 is 14.4 Å². The second-order valence-electron chi connectivity index (χ2n) is 6.00. The van der Waals surface area contributed by atoms with Crippen molar-refractivity contribution in [3.8, 4) is 11.5 Å². The third-order valence-corrected chi connectivity index (χ3v) is 4.30. The van der Waals surface area contributed by atoms with E-state index in [0.717, 1.165) is 24.5 Å². The number of piperidine rings is 1. The molecule has 0 saturated carbocycles. The first-order valence-electron chi connectivity index (χ1n) is 8.49. The van der Waals surface area contributed by atoms with Crippen LogP contribution in [0.5, 0.6) is 11.5 Å². The number of nitrogens with one attached hydrogen (secondary N) is 1. The Hall–Kier alpha value is -1.22. The van der Waals surface area contributed by atoms with Crippen molar-refractivity contribution in [2.24, 2.45) is 0 Å². The SMILES string of the molecule is COc1cccc(OCCCCCC[NH+]2CCCCC2)c1. The Morgan fingerprint density at radius 3 is 2.52 bits per heavy atom. The van der Waals surface area contributed by atoms with Crippen LogP contribution < -0.4 is 14.4 Å². The van der Waals surface area contributed by atoms with E-state index in [2.05, 4.69) is 0 Å². The van der Waals surface area contributed by atoms with Gasteiger partial charge >= 0.3 is 0 Å². The van der Waals surface area contributed by atoms with Gasteiger partial charge in [-0.2, -0.15) is 0 Å². The fourth-order valence-corrected chi connectivity index (χ4v) is 3.01. The lowest BCUT2D eigenvalue weighted by molar-refractivity contribution is -0.905. The van der Waals surface area contributed by atoms with Gasteiger partial charge in [0.15, 0.2) is 0 Å². The van der Waals surface area contributed by atoms with Crippen LogP contribution >= 0.6 is 0 Å². The maximum absolute atomic E-state index is 5.76. The summed E-state index contributed by atoms with van der Waals surface area (Å²) in [5.74, 6) is 1.77. The third-order valence-electron chi connectivity index (χ3n) is 4.30. The Balaban J connectivity index is 1.47. The number of likely N-dealkylation sites (tertiary alicyclic amines) is 1. The molecule has 0 radical (unpaired) electrons. The average molecular weight is 292 g/mol. The normalized spacial score (nSPS) is 15.9. The van der Waals surface area contributed by atoms with Gasteiger partial charge in [0, 0.05) is 6.07 Å². The minimum atomic E-state index is 0.809. The molecule has 0 aliphatic carbocycles. The lowest BCUT2D eigenvalue weighted by atomic mass is 10.1. The van der Waals surface area contributed by atoms with E-state index in [1.165, 1.54) is 58.2 Å². The molecule has 118 valence electrons. The van der Waals surface area contributed by atoms with Crippen LogP contribution in [0.15, 0.2) is 24.3 Å². The quantitative estimate of drug-likeness (QED) is 0.707. The van der Waals surface area contributed by atoms with Crippen LogP contribution in [0.3, 0.4) is 0 Å². The molecular weight excluding hydrogens is 262 g/mol. The first-order chi connectivity index (χ1) is 10.4. The Bertz CT molecular complexity index is 389. The highest BCUT2D eigenvalue weighted by Gasteiger charge is 2.12. The maximum Gasteiger partial charge on any atom is 0.122 e. The average Bonchev–Trinajstić information content (AvgIpc) is 2.55. The fourth-order valence-electron chi connectivity index (χ4n) is 3.01. The summed E-state index contributed by atoms with van der Waals surface area (Å²) >= 11 is 0. The summed E-state index contributed by atoms with van der Waals surface area (Å²) in [5, 5.41) is 0. The molecular formula is C18H30NO2+. The molecule has 0 spiro atoms. The van der Waals surface area contributed by atoms with Crippen molar-refractivity contribution in [3.63, 3.8) is 0 Å². The summed E-state index contributed by atoms with van der Waals surface area (Å²) in [7, 11) is 1.68. The molecule has 1 saturated heterocycles. The topological polar surface area (TPSA) is 22.9 Å². The number of rotatable bonds is 9. The van der Waals surface area contributed by atoms with Gasteiger partial charge < -0.3 is 14.4 Å². The van der Waals surface area contributed by atoms with Crippen molar-refractivity contribution >= 4 is 0 Å².